The lowest BCUT2D eigenvalue weighted by atomic mass is 10.1. The highest BCUT2D eigenvalue weighted by Gasteiger charge is 2.21. The summed E-state index contributed by atoms with van der Waals surface area (Å²) in [4.78, 5) is 0.154. The highest BCUT2D eigenvalue weighted by atomic mass is 35.5. The SMILES string of the molecule is CCCC(CC)NS(=O)(=O)c1cc(CNC)ccc1Cl. The molecule has 0 aliphatic heterocycles. The van der Waals surface area contributed by atoms with E-state index in [-0.39, 0.29) is 16.0 Å². The van der Waals surface area contributed by atoms with Crippen LogP contribution in [0.2, 0.25) is 5.02 Å². The van der Waals surface area contributed by atoms with Crippen LogP contribution in [0, 0.1) is 0 Å². The van der Waals surface area contributed by atoms with Crippen molar-refractivity contribution in [1.82, 2.24) is 10.0 Å². The van der Waals surface area contributed by atoms with E-state index in [9.17, 15) is 8.42 Å². The van der Waals surface area contributed by atoms with Gasteiger partial charge in [0.2, 0.25) is 10.0 Å². The molecule has 0 fully saturated rings. The van der Waals surface area contributed by atoms with Gasteiger partial charge in [-0.15, -0.1) is 0 Å². The smallest absolute Gasteiger partial charge is 0.242 e. The van der Waals surface area contributed by atoms with Crippen molar-refractivity contribution in [2.75, 3.05) is 7.05 Å². The number of hydrogen-bond donors (Lipinski definition) is 2. The van der Waals surface area contributed by atoms with Crippen molar-refractivity contribution in [2.24, 2.45) is 0 Å². The molecule has 114 valence electrons. The molecule has 0 amide bonds. The zero-order valence-electron chi connectivity index (χ0n) is 12.2. The zero-order valence-corrected chi connectivity index (χ0v) is 13.8. The van der Waals surface area contributed by atoms with Crippen molar-refractivity contribution in [2.45, 2.75) is 50.6 Å². The average molecular weight is 319 g/mol. The monoisotopic (exact) mass is 318 g/mol. The van der Waals surface area contributed by atoms with Gasteiger partial charge < -0.3 is 5.32 Å². The van der Waals surface area contributed by atoms with Gasteiger partial charge in [-0.05, 0) is 37.6 Å². The van der Waals surface area contributed by atoms with Crippen LogP contribution in [0.25, 0.3) is 0 Å². The standard InChI is InChI=1S/C14H23ClN2O2S/c1-4-6-12(5-2)17-20(18,19)14-9-11(10-16-3)7-8-13(14)15/h7-9,12,16-17H,4-6,10H2,1-3H3. The third kappa shape index (κ3) is 4.74. The molecule has 0 aliphatic rings. The van der Waals surface area contributed by atoms with Crippen molar-refractivity contribution < 1.29 is 8.42 Å². The van der Waals surface area contributed by atoms with Gasteiger partial charge in [-0.3, -0.25) is 0 Å². The molecule has 2 N–H and O–H groups in total. The van der Waals surface area contributed by atoms with Gasteiger partial charge in [-0.25, -0.2) is 13.1 Å². The molecular weight excluding hydrogens is 296 g/mol. The summed E-state index contributed by atoms with van der Waals surface area (Å²) in [5.41, 5.74) is 0.890. The Bertz CT molecular complexity index is 532. The van der Waals surface area contributed by atoms with Gasteiger partial charge in [0.25, 0.3) is 0 Å². The normalized spacial score (nSPS) is 13.4. The fourth-order valence-corrected chi connectivity index (χ4v) is 3.95. The van der Waals surface area contributed by atoms with Gasteiger partial charge in [0.05, 0.1) is 5.02 Å². The van der Waals surface area contributed by atoms with E-state index >= 15 is 0 Å². The molecule has 4 nitrogen and oxygen atoms in total. The van der Waals surface area contributed by atoms with Crippen molar-refractivity contribution in [3.05, 3.63) is 28.8 Å². The molecule has 0 aromatic heterocycles. The Balaban J connectivity index is 3.04. The number of hydrogen-bond acceptors (Lipinski definition) is 3. The van der Waals surface area contributed by atoms with Crippen molar-refractivity contribution in [1.29, 1.82) is 0 Å². The minimum atomic E-state index is -3.58. The number of benzene rings is 1. The van der Waals surface area contributed by atoms with E-state index < -0.39 is 10.0 Å². The quantitative estimate of drug-likeness (QED) is 0.775. The highest BCUT2D eigenvalue weighted by Crippen LogP contribution is 2.23. The summed E-state index contributed by atoms with van der Waals surface area (Å²) in [5, 5.41) is 3.25. The van der Waals surface area contributed by atoms with Crippen molar-refractivity contribution in [3.63, 3.8) is 0 Å². The number of halogens is 1. The van der Waals surface area contributed by atoms with Gasteiger partial charge in [0.15, 0.2) is 0 Å². The molecule has 0 radical (unpaired) electrons. The summed E-state index contributed by atoms with van der Waals surface area (Å²) in [5.74, 6) is 0. The van der Waals surface area contributed by atoms with E-state index in [1.165, 1.54) is 0 Å². The van der Waals surface area contributed by atoms with Crippen LogP contribution in [0.5, 0.6) is 0 Å². The maximum Gasteiger partial charge on any atom is 0.242 e. The second-order valence-corrected chi connectivity index (χ2v) is 6.90. The Morgan fingerprint density at radius 3 is 2.55 bits per heavy atom. The number of nitrogens with one attached hydrogen (secondary N) is 2. The number of sulfonamides is 1. The molecule has 0 spiro atoms. The summed E-state index contributed by atoms with van der Waals surface area (Å²) in [7, 11) is -1.76. The summed E-state index contributed by atoms with van der Waals surface area (Å²) >= 11 is 6.05. The Kier molecular flexibility index (Phi) is 6.95. The maximum absolute atomic E-state index is 12.4. The van der Waals surface area contributed by atoms with Gasteiger partial charge in [-0.1, -0.05) is 37.9 Å². The first kappa shape index (κ1) is 17.4. The van der Waals surface area contributed by atoms with E-state index in [0.717, 1.165) is 24.8 Å². The zero-order chi connectivity index (χ0) is 15.2. The third-order valence-corrected chi connectivity index (χ3v) is 5.12. The van der Waals surface area contributed by atoms with E-state index in [1.54, 1.807) is 12.1 Å². The van der Waals surface area contributed by atoms with Crippen LogP contribution >= 0.6 is 11.6 Å². The molecule has 6 heteroatoms. The highest BCUT2D eigenvalue weighted by molar-refractivity contribution is 7.89. The minimum Gasteiger partial charge on any atom is -0.316 e. The Hall–Kier alpha value is -0.620. The number of rotatable bonds is 8. The summed E-state index contributed by atoms with van der Waals surface area (Å²) in [6.07, 6.45) is 2.53. The molecule has 0 aliphatic carbocycles. The predicted molar refractivity (Wildman–Crippen MR) is 83.5 cm³/mol. The first-order valence-electron chi connectivity index (χ1n) is 6.90. The summed E-state index contributed by atoms with van der Waals surface area (Å²) < 4.78 is 27.6. The van der Waals surface area contributed by atoms with Crippen LogP contribution in [0.1, 0.15) is 38.7 Å². The molecule has 0 saturated heterocycles. The second kappa shape index (κ2) is 7.98. The van der Waals surface area contributed by atoms with Gasteiger partial charge in [0, 0.05) is 12.6 Å². The fraction of sp³-hybridized carbons (Fsp3) is 0.571. The van der Waals surface area contributed by atoms with Crippen LogP contribution in [-0.2, 0) is 16.6 Å². The molecule has 1 aromatic carbocycles. The first-order chi connectivity index (χ1) is 9.44. The van der Waals surface area contributed by atoms with Crippen molar-refractivity contribution >= 4 is 21.6 Å². The molecular formula is C14H23ClN2O2S. The molecule has 1 unspecified atom stereocenters. The fourth-order valence-electron chi connectivity index (χ4n) is 2.05. The van der Waals surface area contributed by atoms with E-state index in [1.807, 2.05) is 27.0 Å². The van der Waals surface area contributed by atoms with Gasteiger partial charge in [0.1, 0.15) is 4.90 Å². The molecule has 1 aromatic rings. The predicted octanol–water partition coefficient (Wildman–Crippen LogP) is 2.92. The molecule has 20 heavy (non-hydrogen) atoms. The first-order valence-corrected chi connectivity index (χ1v) is 8.76. The summed E-state index contributed by atoms with van der Waals surface area (Å²) in [6.45, 7) is 4.62. The minimum absolute atomic E-state index is 0.0472. The van der Waals surface area contributed by atoms with Gasteiger partial charge >= 0.3 is 0 Å². The lowest BCUT2D eigenvalue weighted by Gasteiger charge is -2.17. The van der Waals surface area contributed by atoms with Crippen LogP contribution in [0.3, 0.4) is 0 Å². The molecule has 0 bridgehead atoms. The average Bonchev–Trinajstić information content (AvgIpc) is 2.40. The molecule has 0 heterocycles. The molecule has 0 saturated carbocycles. The third-order valence-electron chi connectivity index (χ3n) is 3.12. The van der Waals surface area contributed by atoms with Crippen LogP contribution in [0.4, 0.5) is 0 Å². The Morgan fingerprint density at radius 2 is 2.00 bits per heavy atom. The van der Waals surface area contributed by atoms with Gasteiger partial charge in [-0.2, -0.15) is 0 Å². The largest absolute Gasteiger partial charge is 0.316 e. The Morgan fingerprint density at radius 1 is 1.30 bits per heavy atom. The van der Waals surface area contributed by atoms with Crippen LogP contribution < -0.4 is 10.0 Å². The van der Waals surface area contributed by atoms with E-state index in [4.69, 9.17) is 11.6 Å². The van der Waals surface area contributed by atoms with E-state index in [2.05, 4.69) is 10.0 Å². The lowest BCUT2D eigenvalue weighted by Crippen LogP contribution is -2.34. The topological polar surface area (TPSA) is 58.2 Å². The molecule has 1 atom stereocenters. The summed E-state index contributed by atoms with van der Waals surface area (Å²) in [6, 6.07) is 5.03. The Labute approximate surface area is 127 Å². The van der Waals surface area contributed by atoms with E-state index in [0.29, 0.717) is 6.54 Å². The maximum atomic E-state index is 12.4. The van der Waals surface area contributed by atoms with Crippen LogP contribution in [-0.4, -0.2) is 21.5 Å². The second-order valence-electron chi connectivity index (χ2n) is 4.81. The van der Waals surface area contributed by atoms with Crippen LogP contribution in [0.15, 0.2) is 23.1 Å². The molecule has 1 rings (SSSR count). The van der Waals surface area contributed by atoms with Crippen molar-refractivity contribution in [3.8, 4) is 0 Å². The lowest BCUT2D eigenvalue weighted by molar-refractivity contribution is 0.512.